The van der Waals surface area contributed by atoms with E-state index in [-0.39, 0.29) is 11.2 Å². The van der Waals surface area contributed by atoms with Crippen molar-refractivity contribution in [3.8, 4) is 17.2 Å². The SMILES string of the molecule is COc1ccccc1-c1nnc(SC(C)C(=O)N2CC(C)CC(C)C2)o1. The summed E-state index contributed by atoms with van der Waals surface area (Å²) in [7, 11) is 1.60. The predicted molar refractivity (Wildman–Crippen MR) is 101 cm³/mol. The van der Waals surface area contributed by atoms with Crippen LogP contribution >= 0.6 is 11.8 Å². The van der Waals surface area contributed by atoms with Crippen molar-refractivity contribution in [1.82, 2.24) is 15.1 Å². The first kappa shape index (κ1) is 18.8. The van der Waals surface area contributed by atoms with Crippen LogP contribution in [0.5, 0.6) is 5.75 Å². The summed E-state index contributed by atoms with van der Waals surface area (Å²) in [5.74, 6) is 2.28. The smallest absolute Gasteiger partial charge is 0.277 e. The van der Waals surface area contributed by atoms with Crippen LogP contribution in [0.3, 0.4) is 0 Å². The monoisotopic (exact) mass is 375 g/mol. The van der Waals surface area contributed by atoms with Crippen molar-refractivity contribution in [1.29, 1.82) is 0 Å². The largest absolute Gasteiger partial charge is 0.496 e. The van der Waals surface area contributed by atoms with Gasteiger partial charge >= 0.3 is 0 Å². The quantitative estimate of drug-likeness (QED) is 0.742. The van der Waals surface area contributed by atoms with E-state index in [0.29, 0.717) is 28.7 Å². The third-order valence-corrected chi connectivity index (χ3v) is 5.47. The number of ether oxygens (including phenoxy) is 1. The molecule has 2 aromatic rings. The number of amides is 1. The lowest BCUT2D eigenvalue weighted by molar-refractivity contribution is -0.132. The van der Waals surface area contributed by atoms with Gasteiger partial charge in [0.05, 0.1) is 17.9 Å². The zero-order chi connectivity index (χ0) is 18.7. The topological polar surface area (TPSA) is 68.5 Å². The summed E-state index contributed by atoms with van der Waals surface area (Å²) in [6, 6.07) is 7.48. The maximum atomic E-state index is 12.8. The lowest BCUT2D eigenvalue weighted by Crippen LogP contribution is -2.45. The van der Waals surface area contributed by atoms with Crippen LogP contribution in [0.15, 0.2) is 33.9 Å². The number of aromatic nitrogens is 2. The van der Waals surface area contributed by atoms with Gasteiger partial charge in [-0.15, -0.1) is 10.2 Å². The van der Waals surface area contributed by atoms with Crippen LogP contribution in [0.25, 0.3) is 11.5 Å². The van der Waals surface area contributed by atoms with Crippen LogP contribution in [0, 0.1) is 11.8 Å². The van der Waals surface area contributed by atoms with Crippen LogP contribution in [0.2, 0.25) is 0 Å². The van der Waals surface area contributed by atoms with Crippen molar-refractivity contribution in [2.24, 2.45) is 11.8 Å². The second kappa shape index (κ2) is 8.12. The molecule has 0 radical (unpaired) electrons. The summed E-state index contributed by atoms with van der Waals surface area (Å²) in [4.78, 5) is 14.7. The molecule has 140 valence electrons. The lowest BCUT2D eigenvalue weighted by atomic mass is 9.92. The Kier molecular flexibility index (Phi) is 5.86. The second-order valence-corrected chi connectivity index (χ2v) is 8.31. The van der Waals surface area contributed by atoms with Gasteiger partial charge in [-0.05, 0) is 37.3 Å². The Labute approximate surface area is 158 Å². The van der Waals surface area contributed by atoms with Crippen molar-refractivity contribution in [2.45, 2.75) is 37.7 Å². The lowest BCUT2D eigenvalue weighted by Gasteiger charge is -2.36. The molecule has 1 aliphatic rings. The molecule has 1 fully saturated rings. The highest BCUT2D eigenvalue weighted by Gasteiger charge is 2.29. The third kappa shape index (κ3) is 4.20. The average Bonchev–Trinajstić information content (AvgIpc) is 3.08. The molecule has 3 atom stereocenters. The number of likely N-dealkylation sites (tertiary alicyclic amines) is 1. The fraction of sp³-hybridized carbons (Fsp3) is 0.526. The van der Waals surface area contributed by atoms with Crippen molar-refractivity contribution >= 4 is 17.7 Å². The van der Waals surface area contributed by atoms with E-state index in [4.69, 9.17) is 9.15 Å². The van der Waals surface area contributed by atoms with Crippen LogP contribution < -0.4 is 4.74 Å². The first-order chi connectivity index (χ1) is 12.5. The molecule has 1 aromatic carbocycles. The summed E-state index contributed by atoms with van der Waals surface area (Å²) in [6.07, 6.45) is 1.18. The van der Waals surface area contributed by atoms with E-state index in [2.05, 4.69) is 24.0 Å². The van der Waals surface area contributed by atoms with Crippen molar-refractivity contribution < 1.29 is 13.9 Å². The first-order valence-electron chi connectivity index (χ1n) is 8.90. The highest BCUT2D eigenvalue weighted by atomic mass is 32.2. The third-order valence-electron chi connectivity index (χ3n) is 4.55. The van der Waals surface area contributed by atoms with Gasteiger partial charge in [0.1, 0.15) is 5.75 Å². The normalized spacial score (nSPS) is 21.5. The van der Waals surface area contributed by atoms with E-state index < -0.39 is 0 Å². The Morgan fingerprint density at radius 1 is 1.27 bits per heavy atom. The molecule has 3 rings (SSSR count). The number of methoxy groups -OCH3 is 1. The van der Waals surface area contributed by atoms with Gasteiger partial charge in [-0.1, -0.05) is 37.7 Å². The Balaban J connectivity index is 1.68. The standard InChI is InChI=1S/C19H25N3O3S/c1-12-9-13(2)11-22(10-12)18(23)14(3)26-19-21-20-17(25-19)15-7-5-6-8-16(15)24-4/h5-8,12-14H,9-11H2,1-4H3. The van der Waals surface area contributed by atoms with Gasteiger partial charge in [0, 0.05) is 13.1 Å². The van der Waals surface area contributed by atoms with Crippen LogP contribution in [-0.2, 0) is 4.79 Å². The number of carbonyl (C=O) groups excluding carboxylic acids is 1. The number of hydrogen-bond acceptors (Lipinski definition) is 6. The number of benzene rings is 1. The Morgan fingerprint density at radius 3 is 2.65 bits per heavy atom. The zero-order valence-corrected chi connectivity index (χ0v) is 16.5. The Bertz CT molecular complexity index is 754. The minimum Gasteiger partial charge on any atom is -0.496 e. The predicted octanol–water partition coefficient (Wildman–Crippen LogP) is 3.73. The highest BCUT2D eigenvalue weighted by Crippen LogP contribution is 2.32. The molecule has 2 heterocycles. The summed E-state index contributed by atoms with van der Waals surface area (Å²) in [5, 5.41) is 8.32. The number of carbonyl (C=O) groups is 1. The van der Waals surface area contributed by atoms with Gasteiger partial charge < -0.3 is 14.1 Å². The molecule has 0 N–H and O–H groups in total. The summed E-state index contributed by atoms with van der Waals surface area (Å²) in [5.41, 5.74) is 0.743. The van der Waals surface area contributed by atoms with Gasteiger partial charge in [0.2, 0.25) is 5.91 Å². The number of hydrogen-bond donors (Lipinski definition) is 0. The van der Waals surface area contributed by atoms with Crippen molar-refractivity contribution in [3.05, 3.63) is 24.3 Å². The number of piperidine rings is 1. The van der Waals surface area contributed by atoms with Crippen LogP contribution in [-0.4, -0.2) is 46.5 Å². The molecule has 0 saturated carbocycles. The number of nitrogens with zero attached hydrogens (tertiary/aromatic N) is 3. The zero-order valence-electron chi connectivity index (χ0n) is 15.6. The van der Waals surface area contributed by atoms with E-state index >= 15 is 0 Å². The van der Waals surface area contributed by atoms with E-state index in [0.717, 1.165) is 18.7 Å². The molecular weight excluding hydrogens is 350 g/mol. The molecule has 1 aromatic heterocycles. The summed E-state index contributed by atoms with van der Waals surface area (Å²) in [6.45, 7) is 7.94. The minimum absolute atomic E-state index is 0.130. The van der Waals surface area contributed by atoms with Crippen LogP contribution in [0.4, 0.5) is 0 Å². The number of thioether (sulfide) groups is 1. The number of rotatable bonds is 5. The highest BCUT2D eigenvalue weighted by molar-refractivity contribution is 8.00. The average molecular weight is 375 g/mol. The molecule has 0 spiro atoms. The van der Waals surface area contributed by atoms with E-state index in [1.165, 1.54) is 18.2 Å². The summed E-state index contributed by atoms with van der Waals surface area (Å²) >= 11 is 1.30. The molecule has 1 aliphatic heterocycles. The molecule has 3 unspecified atom stereocenters. The molecule has 1 amide bonds. The fourth-order valence-corrected chi connectivity index (χ4v) is 4.26. The summed E-state index contributed by atoms with van der Waals surface area (Å²) < 4.78 is 11.1. The van der Waals surface area contributed by atoms with E-state index in [1.807, 2.05) is 36.1 Å². The van der Waals surface area contributed by atoms with E-state index in [9.17, 15) is 4.79 Å². The van der Waals surface area contributed by atoms with Gasteiger partial charge in [-0.2, -0.15) is 0 Å². The Morgan fingerprint density at radius 2 is 1.96 bits per heavy atom. The van der Waals surface area contributed by atoms with Crippen molar-refractivity contribution in [2.75, 3.05) is 20.2 Å². The Hall–Kier alpha value is -2.02. The second-order valence-electron chi connectivity index (χ2n) is 7.02. The molecule has 26 heavy (non-hydrogen) atoms. The minimum atomic E-state index is -0.265. The molecule has 0 aliphatic carbocycles. The molecule has 6 nitrogen and oxygen atoms in total. The van der Waals surface area contributed by atoms with E-state index in [1.54, 1.807) is 7.11 Å². The molecule has 1 saturated heterocycles. The van der Waals surface area contributed by atoms with Crippen LogP contribution in [0.1, 0.15) is 27.2 Å². The number of para-hydroxylation sites is 1. The fourth-order valence-electron chi connectivity index (χ4n) is 3.49. The first-order valence-corrected chi connectivity index (χ1v) is 9.78. The molecule has 0 bridgehead atoms. The molecular formula is C19H25N3O3S. The maximum absolute atomic E-state index is 12.8. The molecule has 7 heteroatoms. The van der Waals surface area contributed by atoms with Crippen molar-refractivity contribution in [3.63, 3.8) is 0 Å². The maximum Gasteiger partial charge on any atom is 0.277 e. The van der Waals surface area contributed by atoms with Gasteiger partial charge in [0.25, 0.3) is 11.1 Å². The van der Waals surface area contributed by atoms with Gasteiger partial charge in [-0.3, -0.25) is 4.79 Å². The van der Waals surface area contributed by atoms with Gasteiger partial charge in [0.15, 0.2) is 0 Å². The van der Waals surface area contributed by atoms with Gasteiger partial charge in [-0.25, -0.2) is 0 Å².